The van der Waals surface area contributed by atoms with E-state index in [1.54, 1.807) is 19.1 Å². The zero-order chi connectivity index (χ0) is 12.6. The van der Waals surface area contributed by atoms with Crippen LogP contribution in [-0.4, -0.2) is 18.2 Å². The Morgan fingerprint density at radius 2 is 1.88 bits per heavy atom. The Morgan fingerprint density at radius 1 is 1.24 bits per heavy atom. The molecule has 0 fully saturated rings. The molecule has 1 amide bonds. The van der Waals surface area contributed by atoms with Crippen LogP contribution in [-0.2, 0) is 4.79 Å². The summed E-state index contributed by atoms with van der Waals surface area (Å²) in [6, 6.07) is 1.64. The van der Waals surface area contributed by atoms with Crippen LogP contribution in [0.1, 0.15) is 17.3 Å². The van der Waals surface area contributed by atoms with E-state index in [1.807, 2.05) is 0 Å². The number of hydrogen-bond donors (Lipinski definition) is 0. The first-order valence-corrected chi connectivity index (χ1v) is 5.02. The van der Waals surface area contributed by atoms with Gasteiger partial charge in [-0.25, -0.2) is 8.78 Å². The number of nitrogens with zero attached hydrogens (tertiary/aromatic N) is 1. The Morgan fingerprint density at radius 3 is 2.53 bits per heavy atom. The summed E-state index contributed by atoms with van der Waals surface area (Å²) in [5.41, 5.74) is 0.0374. The van der Waals surface area contributed by atoms with Crippen molar-refractivity contribution >= 4 is 17.4 Å². The average Bonchev–Trinajstić information content (AvgIpc) is 2.52. The topological polar surface area (TPSA) is 37.4 Å². The summed E-state index contributed by atoms with van der Waals surface area (Å²) in [5, 5.41) is 0. The van der Waals surface area contributed by atoms with Gasteiger partial charge in [0.1, 0.15) is 0 Å². The second-order valence-electron chi connectivity index (χ2n) is 3.60. The number of allylic oxidation sites excluding steroid dienone is 1. The predicted octanol–water partition coefficient (Wildman–Crippen LogP) is 2.07. The standard InChI is InChI=1S/C12H9F2NO2/c1-2-3-4-15-10-6-9(14)8(13)5-7(10)11(16)12(15)17/h2-3,5-6H,4H2,1H3/b3-2+. The monoisotopic (exact) mass is 237 g/mol. The minimum Gasteiger partial charge on any atom is -0.301 e. The van der Waals surface area contributed by atoms with Crippen molar-refractivity contribution in [2.24, 2.45) is 0 Å². The largest absolute Gasteiger partial charge is 0.301 e. The first kappa shape index (κ1) is 11.4. The highest BCUT2D eigenvalue weighted by Crippen LogP contribution is 2.30. The average molecular weight is 237 g/mol. The first-order chi connectivity index (χ1) is 8.06. The van der Waals surface area contributed by atoms with E-state index in [1.165, 1.54) is 0 Å². The zero-order valence-corrected chi connectivity index (χ0v) is 9.04. The number of carbonyl (C=O) groups is 2. The Balaban J connectivity index is 2.52. The molecule has 0 unspecified atom stereocenters. The molecule has 0 saturated heterocycles. The number of halogens is 2. The van der Waals surface area contributed by atoms with Crippen molar-refractivity contribution in [3.05, 3.63) is 41.5 Å². The van der Waals surface area contributed by atoms with E-state index < -0.39 is 23.3 Å². The number of ketones is 1. The number of benzene rings is 1. The van der Waals surface area contributed by atoms with Gasteiger partial charge < -0.3 is 4.90 Å². The molecule has 1 aromatic rings. The molecule has 0 aliphatic carbocycles. The van der Waals surface area contributed by atoms with Crippen LogP contribution in [0.5, 0.6) is 0 Å². The third kappa shape index (κ3) is 1.73. The third-order valence-corrected chi connectivity index (χ3v) is 2.54. The maximum Gasteiger partial charge on any atom is 0.299 e. The molecule has 0 bridgehead atoms. The summed E-state index contributed by atoms with van der Waals surface area (Å²) in [6.07, 6.45) is 3.36. The molecule has 2 rings (SSSR count). The molecule has 1 aliphatic rings. The van der Waals surface area contributed by atoms with Crippen LogP contribution in [0.15, 0.2) is 24.3 Å². The van der Waals surface area contributed by atoms with Gasteiger partial charge in [0.15, 0.2) is 11.6 Å². The molecule has 0 radical (unpaired) electrons. The van der Waals surface area contributed by atoms with Gasteiger partial charge in [0.2, 0.25) is 0 Å². The van der Waals surface area contributed by atoms with Crippen LogP contribution in [0.4, 0.5) is 14.5 Å². The number of anilines is 1. The van der Waals surface area contributed by atoms with E-state index in [-0.39, 0.29) is 17.8 Å². The second-order valence-corrected chi connectivity index (χ2v) is 3.60. The number of carbonyl (C=O) groups excluding carboxylic acids is 2. The molecule has 0 N–H and O–H groups in total. The highest BCUT2D eigenvalue weighted by molar-refractivity contribution is 6.52. The fourth-order valence-corrected chi connectivity index (χ4v) is 1.68. The van der Waals surface area contributed by atoms with E-state index in [0.717, 1.165) is 17.0 Å². The predicted molar refractivity (Wildman–Crippen MR) is 57.9 cm³/mol. The summed E-state index contributed by atoms with van der Waals surface area (Å²) in [7, 11) is 0. The van der Waals surface area contributed by atoms with Crippen molar-refractivity contribution in [3.8, 4) is 0 Å². The van der Waals surface area contributed by atoms with E-state index in [2.05, 4.69) is 0 Å². The molecule has 0 saturated carbocycles. The van der Waals surface area contributed by atoms with E-state index in [0.29, 0.717) is 0 Å². The van der Waals surface area contributed by atoms with Crippen molar-refractivity contribution in [2.45, 2.75) is 6.92 Å². The zero-order valence-electron chi connectivity index (χ0n) is 9.04. The molecule has 1 aliphatic heterocycles. The molecular formula is C12H9F2NO2. The summed E-state index contributed by atoms with van der Waals surface area (Å²) in [5.74, 6) is -3.76. The number of hydrogen-bond acceptors (Lipinski definition) is 2. The van der Waals surface area contributed by atoms with E-state index in [4.69, 9.17) is 0 Å². The van der Waals surface area contributed by atoms with Crippen LogP contribution >= 0.6 is 0 Å². The number of amides is 1. The Kier molecular flexibility index (Phi) is 2.75. The summed E-state index contributed by atoms with van der Waals surface area (Å²) in [6.45, 7) is 1.92. The van der Waals surface area contributed by atoms with Crippen molar-refractivity contribution in [1.82, 2.24) is 0 Å². The van der Waals surface area contributed by atoms with Crippen LogP contribution in [0, 0.1) is 11.6 Å². The quantitative estimate of drug-likeness (QED) is 0.583. The molecule has 0 aromatic heterocycles. The lowest BCUT2D eigenvalue weighted by molar-refractivity contribution is -0.114. The van der Waals surface area contributed by atoms with Gasteiger partial charge in [-0.15, -0.1) is 0 Å². The third-order valence-electron chi connectivity index (χ3n) is 2.54. The van der Waals surface area contributed by atoms with Gasteiger partial charge in [0.05, 0.1) is 11.3 Å². The Bertz CT molecular complexity index is 538. The van der Waals surface area contributed by atoms with Gasteiger partial charge >= 0.3 is 0 Å². The smallest absolute Gasteiger partial charge is 0.299 e. The van der Waals surface area contributed by atoms with Crippen molar-refractivity contribution in [1.29, 1.82) is 0 Å². The lowest BCUT2D eigenvalue weighted by Crippen LogP contribution is -2.29. The highest BCUT2D eigenvalue weighted by Gasteiger charge is 2.36. The van der Waals surface area contributed by atoms with Gasteiger partial charge in [0, 0.05) is 12.6 Å². The summed E-state index contributed by atoms with van der Waals surface area (Å²) >= 11 is 0. The fraction of sp³-hybridized carbons (Fsp3) is 0.167. The van der Waals surface area contributed by atoms with Crippen LogP contribution in [0.25, 0.3) is 0 Å². The molecule has 1 heterocycles. The summed E-state index contributed by atoms with van der Waals surface area (Å²) in [4.78, 5) is 24.2. The maximum atomic E-state index is 13.1. The van der Waals surface area contributed by atoms with Gasteiger partial charge in [-0.2, -0.15) is 0 Å². The SMILES string of the molecule is C/C=C/CN1C(=O)C(=O)c2cc(F)c(F)cc21. The van der Waals surface area contributed by atoms with Crippen molar-refractivity contribution in [2.75, 3.05) is 11.4 Å². The van der Waals surface area contributed by atoms with Gasteiger partial charge in [-0.1, -0.05) is 12.2 Å². The van der Waals surface area contributed by atoms with Gasteiger partial charge in [0.25, 0.3) is 11.7 Å². The number of Topliss-reactive ketones (excluding diaryl/α,β-unsaturated/α-hetero) is 1. The number of rotatable bonds is 2. The lowest BCUT2D eigenvalue weighted by Gasteiger charge is -2.13. The van der Waals surface area contributed by atoms with Crippen molar-refractivity contribution < 1.29 is 18.4 Å². The minimum absolute atomic E-state index is 0.0848. The molecule has 17 heavy (non-hydrogen) atoms. The Labute approximate surface area is 96.3 Å². The summed E-state index contributed by atoms with van der Waals surface area (Å²) < 4.78 is 26.1. The fourth-order valence-electron chi connectivity index (χ4n) is 1.68. The molecule has 5 heteroatoms. The normalized spacial score (nSPS) is 14.9. The van der Waals surface area contributed by atoms with E-state index >= 15 is 0 Å². The van der Waals surface area contributed by atoms with Crippen LogP contribution < -0.4 is 4.90 Å². The lowest BCUT2D eigenvalue weighted by atomic mass is 10.1. The highest BCUT2D eigenvalue weighted by atomic mass is 19.2. The molecule has 1 aromatic carbocycles. The van der Waals surface area contributed by atoms with Crippen LogP contribution in [0.3, 0.4) is 0 Å². The van der Waals surface area contributed by atoms with Crippen LogP contribution in [0.2, 0.25) is 0 Å². The molecule has 0 spiro atoms. The first-order valence-electron chi connectivity index (χ1n) is 5.02. The molecule has 3 nitrogen and oxygen atoms in total. The second kappa shape index (κ2) is 4.08. The van der Waals surface area contributed by atoms with Crippen molar-refractivity contribution in [3.63, 3.8) is 0 Å². The van der Waals surface area contributed by atoms with Gasteiger partial charge in [-0.3, -0.25) is 9.59 Å². The number of fused-ring (bicyclic) bond motifs is 1. The molecule has 0 atom stereocenters. The maximum absolute atomic E-state index is 13.1. The molecular weight excluding hydrogens is 228 g/mol. The minimum atomic E-state index is -1.13. The Hall–Kier alpha value is -2.04. The molecule has 88 valence electrons. The van der Waals surface area contributed by atoms with Gasteiger partial charge in [-0.05, 0) is 13.0 Å². The van der Waals surface area contributed by atoms with E-state index in [9.17, 15) is 18.4 Å².